The SMILES string of the molecule is CCCNc1ccc(C(=O)N(CC)CC(C)(C)O)c(C)c1. The first-order valence-electron chi connectivity index (χ1n) is 7.64. The van der Waals surface area contributed by atoms with Gasteiger partial charge in [0.1, 0.15) is 0 Å². The second-order valence-corrected chi connectivity index (χ2v) is 6.09. The van der Waals surface area contributed by atoms with Crippen molar-refractivity contribution in [3.8, 4) is 0 Å². The molecule has 0 aromatic heterocycles. The van der Waals surface area contributed by atoms with Crippen LogP contribution in [0.25, 0.3) is 0 Å². The summed E-state index contributed by atoms with van der Waals surface area (Å²) in [4.78, 5) is 14.3. The van der Waals surface area contributed by atoms with Gasteiger partial charge in [0.05, 0.1) is 5.60 Å². The molecule has 0 fully saturated rings. The number of aryl methyl sites for hydroxylation is 1. The molecule has 0 bridgehead atoms. The summed E-state index contributed by atoms with van der Waals surface area (Å²) in [5, 5.41) is 13.2. The molecule has 0 aliphatic carbocycles. The minimum atomic E-state index is -0.887. The predicted molar refractivity (Wildman–Crippen MR) is 87.8 cm³/mol. The standard InChI is InChI=1S/C17H28N2O2/c1-6-10-18-14-8-9-15(13(3)11-14)16(20)19(7-2)12-17(4,5)21/h8-9,11,18,21H,6-7,10,12H2,1-5H3. The highest BCUT2D eigenvalue weighted by Gasteiger charge is 2.23. The first-order chi connectivity index (χ1) is 9.78. The zero-order chi connectivity index (χ0) is 16.0. The van der Waals surface area contributed by atoms with E-state index in [1.165, 1.54) is 0 Å². The van der Waals surface area contributed by atoms with Gasteiger partial charge in [-0.2, -0.15) is 0 Å². The van der Waals surface area contributed by atoms with Crippen molar-refractivity contribution in [3.05, 3.63) is 29.3 Å². The number of nitrogens with zero attached hydrogens (tertiary/aromatic N) is 1. The molecule has 4 nitrogen and oxygen atoms in total. The van der Waals surface area contributed by atoms with Crippen LogP contribution in [0.2, 0.25) is 0 Å². The first-order valence-corrected chi connectivity index (χ1v) is 7.64. The molecule has 0 saturated heterocycles. The predicted octanol–water partition coefficient (Wildman–Crippen LogP) is 3.05. The number of nitrogens with one attached hydrogen (secondary N) is 1. The van der Waals surface area contributed by atoms with E-state index in [2.05, 4.69) is 12.2 Å². The summed E-state index contributed by atoms with van der Waals surface area (Å²) in [5.74, 6) is -0.0285. The number of benzene rings is 1. The van der Waals surface area contributed by atoms with Crippen LogP contribution in [-0.4, -0.2) is 41.1 Å². The van der Waals surface area contributed by atoms with Gasteiger partial charge in [-0.3, -0.25) is 4.79 Å². The van der Waals surface area contributed by atoms with E-state index in [0.29, 0.717) is 18.7 Å². The second kappa shape index (κ2) is 7.46. The smallest absolute Gasteiger partial charge is 0.254 e. The van der Waals surface area contributed by atoms with E-state index in [0.717, 1.165) is 24.2 Å². The van der Waals surface area contributed by atoms with Crippen molar-refractivity contribution < 1.29 is 9.90 Å². The average molecular weight is 292 g/mol. The Bertz CT molecular complexity index is 478. The van der Waals surface area contributed by atoms with Crippen LogP contribution in [-0.2, 0) is 0 Å². The number of carbonyl (C=O) groups excluding carboxylic acids is 1. The highest BCUT2D eigenvalue weighted by Crippen LogP contribution is 2.18. The molecule has 4 heteroatoms. The van der Waals surface area contributed by atoms with Gasteiger partial charge in [0.15, 0.2) is 0 Å². The Labute approximate surface area is 128 Å². The first kappa shape index (κ1) is 17.5. The second-order valence-electron chi connectivity index (χ2n) is 6.09. The maximum atomic E-state index is 12.6. The number of hydrogen-bond acceptors (Lipinski definition) is 3. The molecule has 0 heterocycles. The van der Waals surface area contributed by atoms with Crippen LogP contribution in [0, 0.1) is 6.92 Å². The molecule has 0 aliphatic heterocycles. The minimum absolute atomic E-state index is 0.0285. The Morgan fingerprint density at radius 1 is 1.33 bits per heavy atom. The molecular weight excluding hydrogens is 264 g/mol. The Hall–Kier alpha value is -1.55. The fourth-order valence-electron chi connectivity index (χ4n) is 2.25. The maximum absolute atomic E-state index is 12.6. The fourth-order valence-corrected chi connectivity index (χ4v) is 2.25. The molecule has 0 aliphatic rings. The summed E-state index contributed by atoms with van der Waals surface area (Å²) in [7, 11) is 0. The van der Waals surface area contributed by atoms with Gasteiger partial charge in [-0.25, -0.2) is 0 Å². The van der Waals surface area contributed by atoms with Gasteiger partial charge in [-0.1, -0.05) is 6.92 Å². The van der Waals surface area contributed by atoms with Gasteiger partial charge in [0, 0.05) is 30.9 Å². The minimum Gasteiger partial charge on any atom is -0.389 e. The van der Waals surface area contributed by atoms with Crippen molar-refractivity contribution >= 4 is 11.6 Å². The molecule has 21 heavy (non-hydrogen) atoms. The number of aliphatic hydroxyl groups is 1. The number of anilines is 1. The fraction of sp³-hybridized carbons (Fsp3) is 0.588. The van der Waals surface area contributed by atoms with Crippen molar-refractivity contribution in [2.24, 2.45) is 0 Å². The third-order valence-corrected chi connectivity index (χ3v) is 3.28. The number of likely N-dealkylation sites (N-methyl/N-ethyl adjacent to an activating group) is 1. The Morgan fingerprint density at radius 3 is 2.48 bits per heavy atom. The van der Waals surface area contributed by atoms with Crippen molar-refractivity contribution in [1.82, 2.24) is 4.90 Å². The van der Waals surface area contributed by atoms with E-state index in [-0.39, 0.29) is 5.91 Å². The monoisotopic (exact) mass is 292 g/mol. The molecule has 0 spiro atoms. The van der Waals surface area contributed by atoms with Crippen LogP contribution in [0.5, 0.6) is 0 Å². The summed E-state index contributed by atoms with van der Waals surface area (Å²) in [5.41, 5.74) is 1.80. The van der Waals surface area contributed by atoms with Crippen LogP contribution in [0.15, 0.2) is 18.2 Å². The van der Waals surface area contributed by atoms with Gasteiger partial charge in [-0.15, -0.1) is 0 Å². The largest absolute Gasteiger partial charge is 0.389 e. The molecule has 0 atom stereocenters. The van der Waals surface area contributed by atoms with Crippen molar-refractivity contribution in [1.29, 1.82) is 0 Å². The summed E-state index contributed by atoms with van der Waals surface area (Å²) >= 11 is 0. The van der Waals surface area contributed by atoms with E-state index >= 15 is 0 Å². The molecular formula is C17H28N2O2. The highest BCUT2D eigenvalue weighted by molar-refractivity contribution is 5.96. The Balaban J connectivity index is 2.90. The summed E-state index contributed by atoms with van der Waals surface area (Å²) in [6.45, 7) is 11.3. The van der Waals surface area contributed by atoms with Crippen LogP contribution >= 0.6 is 0 Å². The van der Waals surface area contributed by atoms with Crippen LogP contribution in [0.4, 0.5) is 5.69 Å². The molecule has 1 amide bonds. The summed E-state index contributed by atoms with van der Waals surface area (Å²) in [6, 6.07) is 5.80. The normalized spacial score (nSPS) is 11.3. The zero-order valence-corrected chi connectivity index (χ0v) is 13.9. The number of carbonyl (C=O) groups is 1. The topological polar surface area (TPSA) is 52.6 Å². The van der Waals surface area contributed by atoms with Crippen LogP contribution < -0.4 is 5.32 Å². The van der Waals surface area contributed by atoms with Crippen LogP contribution in [0.1, 0.15) is 50.0 Å². The van der Waals surface area contributed by atoms with E-state index in [1.807, 2.05) is 32.0 Å². The van der Waals surface area contributed by atoms with Crippen molar-refractivity contribution in [3.63, 3.8) is 0 Å². The number of rotatable bonds is 7. The van der Waals surface area contributed by atoms with Gasteiger partial charge in [0.2, 0.25) is 0 Å². The molecule has 2 N–H and O–H groups in total. The van der Waals surface area contributed by atoms with Crippen molar-refractivity contribution in [2.45, 2.75) is 46.6 Å². The molecule has 0 unspecified atom stereocenters. The van der Waals surface area contributed by atoms with Crippen molar-refractivity contribution in [2.75, 3.05) is 25.0 Å². The third kappa shape index (κ3) is 5.38. The van der Waals surface area contributed by atoms with E-state index in [9.17, 15) is 9.90 Å². The van der Waals surface area contributed by atoms with E-state index in [4.69, 9.17) is 0 Å². The zero-order valence-electron chi connectivity index (χ0n) is 13.9. The molecule has 0 saturated carbocycles. The molecule has 118 valence electrons. The lowest BCUT2D eigenvalue weighted by atomic mass is 10.0. The Kier molecular flexibility index (Phi) is 6.21. The van der Waals surface area contributed by atoms with E-state index < -0.39 is 5.60 Å². The summed E-state index contributed by atoms with van der Waals surface area (Å²) in [6.07, 6.45) is 1.06. The quantitative estimate of drug-likeness (QED) is 0.812. The van der Waals surface area contributed by atoms with E-state index in [1.54, 1.807) is 18.7 Å². The molecule has 0 radical (unpaired) electrons. The van der Waals surface area contributed by atoms with Gasteiger partial charge in [-0.05, 0) is 57.9 Å². The Morgan fingerprint density at radius 2 is 2.00 bits per heavy atom. The third-order valence-electron chi connectivity index (χ3n) is 3.28. The summed E-state index contributed by atoms with van der Waals surface area (Å²) < 4.78 is 0. The lowest BCUT2D eigenvalue weighted by molar-refractivity contribution is 0.0314. The molecule has 1 rings (SSSR count). The highest BCUT2D eigenvalue weighted by atomic mass is 16.3. The average Bonchev–Trinajstić information content (AvgIpc) is 2.41. The van der Waals surface area contributed by atoms with Crippen LogP contribution in [0.3, 0.4) is 0 Å². The van der Waals surface area contributed by atoms with Gasteiger partial charge >= 0.3 is 0 Å². The van der Waals surface area contributed by atoms with Gasteiger partial charge in [0.25, 0.3) is 5.91 Å². The number of amides is 1. The lowest BCUT2D eigenvalue weighted by Crippen LogP contribution is -2.42. The molecule has 1 aromatic rings. The lowest BCUT2D eigenvalue weighted by Gasteiger charge is -2.28. The number of hydrogen-bond donors (Lipinski definition) is 2. The maximum Gasteiger partial charge on any atom is 0.254 e. The van der Waals surface area contributed by atoms with Gasteiger partial charge < -0.3 is 15.3 Å². The molecule has 1 aromatic carbocycles.